The van der Waals surface area contributed by atoms with Crippen LogP contribution in [0.5, 0.6) is 0 Å². The van der Waals surface area contributed by atoms with Gasteiger partial charge in [0.15, 0.2) is 0 Å². The molecule has 2 aromatic heterocycles. The van der Waals surface area contributed by atoms with E-state index in [-0.39, 0.29) is 11.6 Å². The molecular formula is C29H36N8O2. The monoisotopic (exact) mass is 528 g/mol. The fourth-order valence-corrected chi connectivity index (χ4v) is 5.12. The number of hydrogen-bond donors (Lipinski definition) is 1. The predicted molar refractivity (Wildman–Crippen MR) is 155 cm³/mol. The van der Waals surface area contributed by atoms with Crippen LogP contribution in [0.2, 0.25) is 0 Å². The molecule has 3 aromatic rings. The van der Waals surface area contributed by atoms with Gasteiger partial charge in [0.25, 0.3) is 5.56 Å². The Balaban J connectivity index is 1.27. The number of anilines is 3. The molecule has 1 N–H and O–H groups in total. The van der Waals surface area contributed by atoms with Gasteiger partial charge >= 0.3 is 6.03 Å². The summed E-state index contributed by atoms with van der Waals surface area (Å²) < 4.78 is 1.75. The van der Waals surface area contributed by atoms with Crippen molar-refractivity contribution in [3.8, 4) is 0 Å². The molecule has 10 nitrogen and oxygen atoms in total. The van der Waals surface area contributed by atoms with Crippen LogP contribution in [-0.2, 0) is 6.54 Å². The molecule has 4 heterocycles. The number of pyridine rings is 1. The Morgan fingerprint density at radius 3 is 2.62 bits per heavy atom. The average molecular weight is 529 g/mol. The van der Waals surface area contributed by atoms with Crippen molar-refractivity contribution in [2.75, 3.05) is 63.6 Å². The average Bonchev–Trinajstić information content (AvgIpc) is 2.92. The Hall–Kier alpha value is -4.34. The van der Waals surface area contributed by atoms with Crippen molar-refractivity contribution in [3.63, 3.8) is 0 Å². The molecule has 0 radical (unpaired) electrons. The molecule has 0 bridgehead atoms. The van der Waals surface area contributed by atoms with E-state index in [0.29, 0.717) is 37.1 Å². The smallest absolute Gasteiger partial charge is 0.319 e. The summed E-state index contributed by atoms with van der Waals surface area (Å²) in [4.78, 5) is 42.2. The van der Waals surface area contributed by atoms with Gasteiger partial charge in [0.05, 0.1) is 0 Å². The quantitative estimate of drug-likeness (QED) is 0.449. The maximum absolute atomic E-state index is 12.8. The lowest BCUT2D eigenvalue weighted by atomic mass is 9.95. The number of nitrogens with one attached hydrogen (secondary N) is 1. The fraction of sp³-hybridized carbons (Fsp3) is 0.379. The van der Waals surface area contributed by atoms with Gasteiger partial charge in [-0.15, -0.1) is 0 Å². The molecule has 39 heavy (non-hydrogen) atoms. The standard InChI is InChI=1S/C29H36N8O2/c1-5-21(2)36-19-22(20-36)11-12-37-26(38)10-9-23-18-30-28(32-27(23)37)31-24-7-6-8-25(17-24)34-13-15-35(16-14-34)29(39)33(3)4/h5-10,17-18,22H,1-2,11-16,19-20H2,3-4H3,(H,30,31,32). The third-order valence-electron chi connectivity index (χ3n) is 7.48. The molecular weight excluding hydrogens is 492 g/mol. The van der Waals surface area contributed by atoms with E-state index >= 15 is 0 Å². The van der Waals surface area contributed by atoms with E-state index in [1.807, 2.05) is 17.0 Å². The molecule has 1 aromatic carbocycles. The summed E-state index contributed by atoms with van der Waals surface area (Å²) in [6, 6.07) is 11.5. The number of piperazine rings is 1. The third-order valence-corrected chi connectivity index (χ3v) is 7.48. The maximum Gasteiger partial charge on any atom is 0.319 e. The minimum absolute atomic E-state index is 0.0465. The summed E-state index contributed by atoms with van der Waals surface area (Å²) in [5, 5.41) is 4.14. The SMILES string of the molecule is C=CC(=C)N1CC(CCn2c(=O)ccc3cnc(Nc4cccc(N5CCN(C(=O)N(C)C)CC5)c4)nc32)C1. The van der Waals surface area contributed by atoms with Crippen molar-refractivity contribution in [1.82, 2.24) is 29.2 Å². The van der Waals surface area contributed by atoms with Crippen LogP contribution in [0.4, 0.5) is 22.1 Å². The summed E-state index contributed by atoms with van der Waals surface area (Å²) >= 11 is 0. The first kappa shape index (κ1) is 26.3. The predicted octanol–water partition coefficient (Wildman–Crippen LogP) is 3.36. The highest BCUT2D eigenvalue weighted by Crippen LogP contribution is 2.25. The summed E-state index contributed by atoms with van der Waals surface area (Å²) in [5.41, 5.74) is 3.45. The number of allylic oxidation sites excluding steroid dienone is 1. The molecule has 0 atom stereocenters. The number of amides is 2. The lowest BCUT2D eigenvalue weighted by molar-refractivity contribution is 0.136. The molecule has 0 saturated carbocycles. The number of benzene rings is 1. The van der Waals surface area contributed by atoms with Gasteiger partial charge in [-0.05, 0) is 42.7 Å². The molecule has 10 heteroatoms. The first-order valence-electron chi connectivity index (χ1n) is 13.3. The second-order valence-electron chi connectivity index (χ2n) is 10.4. The molecule has 2 aliphatic heterocycles. The van der Waals surface area contributed by atoms with E-state index in [9.17, 15) is 9.59 Å². The zero-order chi connectivity index (χ0) is 27.5. The zero-order valence-corrected chi connectivity index (χ0v) is 22.7. The van der Waals surface area contributed by atoms with Gasteiger partial charge in [-0.1, -0.05) is 19.2 Å². The van der Waals surface area contributed by atoms with Crippen LogP contribution in [0.1, 0.15) is 6.42 Å². The van der Waals surface area contributed by atoms with E-state index < -0.39 is 0 Å². The van der Waals surface area contributed by atoms with Crippen molar-refractivity contribution in [3.05, 3.63) is 77.9 Å². The lowest BCUT2D eigenvalue weighted by Crippen LogP contribution is -2.51. The van der Waals surface area contributed by atoms with E-state index in [2.05, 4.69) is 45.4 Å². The maximum atomic E-state index is 12.8. The van der Waals surface area contributed by atoms with Crippen molar-refractivity contribution in [1.29, 1.82) is 0 Å². The molecule has 204 valence electrons. The number of hydrogen-bond acceptors (Lipinski definition) is 7. The van der Waals surface area contributed by atoms with Crippen LogP contribution in [0.3, 0.4) is 0 Å². The van der Waals surface area contributed by atoms with Gasteiger partial charge in [-0.3, -0.25) is 9.36 Å². The highest BCUT2D eigenvalue weighted by molar-refractivity contribution is 5.76. The van der Waals surface area contributed by atoms with Crippen LogP contribution >= 0.6 is 0 Å². The van der Waals surface area contributed by atoms with E-state index in [1.165, 1.54) is 0 Å². The number of rotatable bonds is 8. The van der Waals surface area contributed by atoms with Crippen molar-refractivity contribution < 1.29 is 4.79 Å². The molecule has 2 amide bonds. The first-order chi connectivity index (χ1) is 18.8. The zero-order valence-electron chi connectivity index (χ0n) is 22.7. The Labute approximate surface area is 228 Å². The molecule has 2 aliphatic rings. The summed E-state index contributed by atoms with van der Waals surface area (Å²) in [6.07, 6.45) is 4.42. The highest BCUT2D eigenvalue weighted by atomic mass is 16.2. The lowest BCUT2D eigenvalue weighted by Gasteiger charge is -2.41. The fourth-order valence-electron chi connectivity index (χ4n) is 5.12. The highest BCUT2D eigenvalue weighted by Gasteiger charge is 2.26. The van der Waals surface area contributed by atoms with E-state index in [1.54, 1.807) is 48.0 Å². The minimum Gasteiger partial charge on any atom is -0.371 e. The van der Waals surface area contributed by atoms with Gasteiger partial charge in [0.1, 0.15) is 5.65 Å². The van der Waals surface area contributed by atoms with Crippen molar-refractivity contribution in [2.45, 2.75) is 13.0 Å². The number of aromatic nitrogens is 3. The van der Waals surface area contributed by atoms with Gasteiger partial charge < -0.3 is 24.9 Å². The molecule has 2 fully saturated rings. The Kier molecular flexibility index (Phi) is 7.53. The Bertz CT molecular complexity index is 1430. The summed E-state index contributed by atoms with van der Waals surface area (Å²) in [5.74, 6) is 0.950. The third kappa shape index (κ3) is 5.74. The van der Waals surface area contributed by atoms with Crippen LogP contribution < -0.4 is 15.8 Å². The summed E-state index contributed by atoms with van der Waals surface area (Å²) in [7, 11) is 3.56. The molecule has 0 spiro atoms. The van der Waals surface area contributed by atoms with Crippen LogP contribution in [0.25, 0.3) is 11.0 Å². The van der Waals surface area contributed by atoms with Gasteiger partial charge in [0, 0.05) is 94.6 Å². The summed E-state index contributed by atoms with van der Waals surface area (Å²) in [6.45, 7) is 13.2. The van der Waals surface area contributed by atoms with Gasteiger partial charge in [0.2, 0.25) is 5.95 Å². The number of urea groups is 1. The first-order valence-corrected chi connectivity index (χ1v) is 13.3. The Morgan fingerprint density at radius 1 is 1.13 bits per heavy atom. The van der Waals surface area contributed by atoms with Gasteiger partial charge in [-0.2, -0.15) is 4.98 Å². The largest absolute Gasteiger partial charge is 0.371 e. The molecule has 0 unspecified atom stereocenters. The second-order valence-corrected chi connectivity index (χ2v) is 10.4. The number of nitrogens with zero attached hydrogens (tertiary/aromatic N) is 7. The van der Waals surface area contributed by atoms with E-state index in [0.717, 1.165) is 55.1 Å². The van der Waals surface area contributed by atoms with Crippen LogP contribution in [-0.4, -0.2) is 88.6 Å². The second kappa shape index (κ2) is 11.2. The normalized spacial score (nSPS) is 15.7. The van der Waals surface area contributed by atoms with Gasteiger partial charge in [-0.25, -0.2) is 9.78 Å². The molecule has 2 saturated heterocycles. The minimum atomic E-state index is -0.0623. The number of aryl methyl sites for hydroxylation is 1. The van der Waals surface area contributed by atoms with Crippen LogP contribution in [0.15, 0.2) is 72.3 Å². The molecule has 0 aliphatic carbocycles. The number of carbonyl (C=O) groups is 1. The Morgan fingerprint density at radius 2 is 1.90 bits per heavy atom. The van der Waals surface area contributed by atoms with E-state index in [4.69, 9.17) is 4.98 Å². The number of fused-ring (bicyclic) bond motifs is 1. The van der Waals surface area contributed by atoms with Crippen LogP contribution in [0, 0.1) is 5.92 Å². The topological polar surface area (TPSA) is 89.8 Å². The number of carbonyl (C=O) groups excluding carboxylic acids is 1. The van der Waals surface area contributed by atoms with Crippen molar-refractivity contribution >= 4 is 34.4 Å². The number of likely N-dealkylation sites (tertiary alicyclic amines) is 1. The molecule has 5 rings (SSSR count). The van der Waals surface area contributed by atoms with Crippen molar-refractivity contribution in [2.24, 2.45) is 5.92 Å².